The highest BCUT2D eigenvalue weighted by Crippen LogP contribution is 2.30. The van der Waals surface area contributed by atoms with Crippen LogP contribution in [0, 0.1) is 0 Å². The molecule has 1 saturated heterocycles. The molecule has 2 aliphatic rings. The third kappa shape index (κ3) is 3.23. The molecule has 0 spiro atoms. The maximum atomic E-state index is 3.66. The first-order valence-electron chi connectivity index (χ1n) is 8.12. The Morgan fingerprint density at radius 3 is 2.17 bits per heavy atom. The van der Waals surface area contributed by atoms with Crippen LogP contribution in [0.2, 0.25) is 0 Å². The average Bonchev–Trinajstić information content (AvgIpc) is 3.14. The molecule has 0 amide bonds. The van der Waals surface area contributed by atoms with Crippen LogP contribution in [0.4, 0.5) is 5.69 Å². The molecule has 23 heavy (non-hydrogen) atoms. The van der Waals surface area contributed by atoms with E-state index < -0.39 is 0 Å². The number of rotatable bonds is 3. The van der Waals surface area contributed by atoms with Gasteiger partial charge in [-0.2, -0.15) is 0 Å². The second-order valence-electron chi connectivity index (χ2n) is 5.89. The smallest absolute Gasteiger partial charge is 0.132 e. The predicted molar refractivity (Wildman–Crippen MR) is 99.2 cm³/mol. The van der Waals surface area contributed by atoms with Crippen LogP contribution < -0.4 is 10.2 Å². The van der Waals surface area contributed by atoms with E-state index in [1.54, 1.807) is 0 Å². The monoisotopic (exact) mass is 323 g/mol. The van der Waals surface area contributed by atoms with E-state index in [0.29, 0.717) is 5.50 Å². The number of para-hydroxylation sites is 1. The van der Waals surface area contributed by atoms with Gasteiger partial charge in [0.15, 0.2) is 0 Å². The van der Waals surface area contributed by atoms with E-state index in [0.717, 1.165) is 26.2 Å². The fourth-order valence-electron chi connectivity index (χ4n) is 3.13. The molecule has 4 heteroatoms. The standard InChI is InChI=1S/C19H21N3S/c1-3-7-16(8-4-1)18-15-23-19(20-18)22-13-11-21(12-14-22)17-9-5-2-6-10-17/h1-10,15,19-20H,11-14H2. The molecule has 118 valence electrons. The number of anilines is 1. The van der Waals surface area contributed by atoms with Crippen molar-refractivity contribution in [2.45, 2.75) is 5.50 Å². The molecule has 2 aliphatic heterocycles. The first kappa shape index (κ1) is 14.7. The minimum absolute atomic E-state index is 0.364. The number of thioether (sulfide) groups is 1. The lowest BCUT2D eigenvalue weighted by molar-refractivity contribution is 0.231. The Morgan fingerprint density at radius 1 is 0.826 bits per heavy atom. The number of hydrogen-bond acceptors (Lipinski definition) is 4. The molecule has 3 nitrogen and oxygen atoms in total. The minimum atomic E-state index is 0.364. The highest BCUT2D eigenvalue weighted by Gasteiger charge is 2.27. The van der Waals surface area contributed by atoms with Crippen molar-refractivity contribution in [2.24, 2.45) is 0 Å². The van der Waals surface area contributed by atoms with Gasteiger partial charge in [0.25, 0.3) is 0 Å². The maximum Gasteiger partial charge on any atom is 0.132 e. The lowest BCUT2D eigenvalue weighted by Crippen LogP contribution is -2.52. The van der Waals surface area contributed by atoms with E-state index in [9.17, 15) is 0 Å². The van der Waals surface area contributed by atoms with Gasteiger partial charge in [-0.1, -0.05) is 60.3 Å². The molecule has 0 bridgehead atoms. The second-order valence-corrected chi connectivity index (χ2v) is 6.84. The van der Waals surface area contributed by atoms with Crippen molar-refractivity contribution in [3.63, 3.8) is 0 Å². The molecule has 1 N–H and O–H groups in total. The van der Waals surface area contributed by atoms with Gasteiger partial charge in [-0.25, -0.2) is 0 Å². The lowest BCUT2D eigenvalue weighted by Gasteiger charge is -2.38. The Bertz CT molecular complexity index is 664. The quantitative estimate of drug-likeness (QED) is 0.932. The molecule has 4 rings (SSSR count). The van der Waals surface area contributed by atoms with E-state index >= 15 is 0 Å². The summed E-state index contributed by atoms with van der Waals surface area (Å²) in [4.78, 5) is 5.01. The summed E-state index contributed by atoms with van der Waals surface area (Å²) in [6, 6.07) is 21.3. The van der Waals surface area contributed by atoms with Crippen LogP contribution in [-0.4, -0.2) is 36.6 Å². The van der Waals surface area contributed by atoms with Gasteiger partial charge in [-0.05, 0) is 23.1 Å². The van der Waals surface area contributed by atoms with Gasteiger partial charge < -0.3 is 10.2 Å². The lowest BCUT2D eigenvalue weighted by atomic mass is 10.2. The van der Waals surface area contributed by atoms with E-state index in [4.69, 9.17) is 0 Å². The Morgan fingerprint density at radius 2 is 1.48 bits per heavy atom. The highest BCUT2D eigenvalue weighted by atomic mass is 32.2. The molecule has 1 unspecified atom stereocenters. The molecule has 0 aliphatic carbocycles. The van der Waals surface area contributed by atoms with Crippen LogP contribution in [0.15, 0.2) is 66.1 Å². The normalized spacial score (nSPS) is 21.8. The van der Waals surface area contributed by atoms with Crippen molar-refractivity contribution >= 4 is 23.1 Å². The number of hydrogen-bond donors (Lipinski definition) is 1. The molecule has 2 aromatic rings. The van der Waals surface area contributed by atoms with Gasteiger partial charge in [0, 0.05) is 37.6 Å². The predicted octanol–water partition coefficient (Wildman–Crippen LogP) is 3.43. The van der Waals surface area contributed by atoms with E-state index in [2.05, 4.69) is 81.2 Å². The SMILES string of the molecule is C1=C(c2ccccc2)NC(N2CCN(c3ccccc3)CC2)S1. The summed E-state index contributed by atoms with van der Waals surface area (Å²) >= 11 is 1.88. The van der Waals surface area contributed by atoms with Crippen molar-refractivity contribution in [3.8, 4) is 0 Å². The van der Waals surface area contributed by atoms with Gasteiger partial charge in [0.05, 0.1) is 0 Å². The van der Waals surface area contributed by atoms with Crippen LogP contribution in [0.25, 0.3) is 5.70 Å². The Labute approximate surface area is 142 Å². The minimum Gasteiger partial charge on any atom is -0.369 e. The fourth-order valence-corrected chi connectivity index (χ4v) is 4.18. The summed E-state index contributed by atoms with van der Waals surface area (Å²) < 4.78 is 0. The number of benzene rings is 2. The molecule has 0 aromatic heterocycles. The third-order valence-corrected chi connectivity index (χ3v) is 5.49. The Balaban J connectivity index is 1.34. The summed E-state index contributed by atoms with van der Waals surface area (Å²) in [5, 5.41) is 5.92. The molecule has 2 heterocycles. The van der Waals surface area contributed by atoms with Gasteiger partial charge >= 0.3 is 0 Å². The van der Waals surface area contributed by atoms with Gasteiger partial charge in [0.1, 0.15) is 5.50 Å². The van der Waals surface area contributed by atoms with Crippen LogP contribution >= 0.6 is 11.8 Å². The van der Waals surface area contributed by atoms with Crippen molar-refractivity contribution in [2.75, 3.05) is 31.1 Å². The third-order valence-electron chi connectivity index (χ3n) is 4.45. The highest BCUT2D eigenvalue weighted by molar-refractivity contribution is 8.03. The summed E-state index contributed by atoms with van der Waals surface area (Å²) in [5.41, 5.74) is 4.21. The van der Waals surface area contributed by atoms with Crippen molar-refractivity contribution in [1.82, 2.24) is 10.2 Å². The summed E-state index contributed by atoms with van der Waals surface area (Å²) in [6.45, 7) is 4.36. The molecule has 0 radical (unpaired) electrons. The number of nitrogens with zero attached hydrogens (tertiary/aromatic N) is 2. The fraction of sp³-hybridized carbons (Fsp3) is 0.263. The van der Waals surface area contributed by atoms with Gasteiger partial charge in [-0.15, -0.1) is 0 Å². The van der Waals surface area contributed by atoms with Gasteiger partial charge in [0.2, 0.25) is 0 Å². The van der Waals surface area contributed by atoms with Crippen LogP contribution in [-0.2, 0) is 0 Å². The molecule has 0 saturated carbocycles. The zero-order valence-electron chi connectivity index (χ0n) is 13.1. The topological polar surface area (TPSA) is 18.5 Å². The van der Waals surface area contributed by atoms with E-state index in [-0.39, 0.29) is 0 Å². The Kier molecular flexibility index (Phi) is 4.26. The van der Waals surface area contributed by atoms with Crippen molar-refractivity contribution < 1.29 is 0 Å². The maximum absolute atomic E-state index is 3.66. The molecule has 1 atom stereocenters. The molecule has 2 aromatic carbocycles. The largest absolute Gasteiger partial charge is 0.369 e. The molecular weight excluding hydrogens is 302 g/mol. The summed E-state index contributed by atoms with van der Waals surface area (Å²) in [7, 11) is 0. The number of nitrogens with one attached hydrogen (secondary N) is 1. The van der Waals surface area contributed by atoms with Crippen LogP contribution in [0.3, 0.4) is 0 Å². The first-order valence-corrected chi connectivity index (χ1v) is 9.06. The van der Waals surface area contributed by atoms with Crippen molar-refractivity contribution in [1.29, 1.82) is 0 Å². The van der Waals surface area contributed by atoms with Gasteiger partial charge in [-0.3, -0.25) is 4.90 Å². The summed E-state index contributed by atoms with van der Waals surface area (Å²) in [5.74, 6) is 0. The number of piperazine rings is 1. The Hall–Kier alpha value is -1.91. The summed E-state index contributed by atoms with van der Waals surface area (Å²) in [6.07, 6.45) is 0. The first-order chi connectivity index (χ1) is 11.4. The molecule has 1 fully saturated rings. The zero-order chi connectivity index (χ0) is 15.5. The van der Waals surface area contributed by atoms with Crippen molar-refractivity contribution in [3.05, 3.63) is 71.6 Å². The van der Waals surface area contributed by atoms with E-state index in [1.165, 1.54) is 16.9 Å². The van der Waals surface area contributed by atoms with Crippen LogP contribution in [0.1, 0.15) is 5.56 Å². The second kappa shape index (κ2) is 6.69. The zero-order valence-corrected chi connectivity index (χ0v) is 13.9. The van der Waals surface area contributed by atoms with E-state index in [1.807, 2.05) is 11.8 Å². The van der Waals surface area contributed by atoms with Crippen LogP contribution in [0.5, 0.6) is 0 Å². The average molecular weight is 323 g/mol. The molecular formula is C19H21N3S.